The van der Waals surface area contributed by atoms with Gasteiger partial charge in [0.2, 0.25) is 0 Å². The van der Waals surface area contributed by atoms with E-state index in [1.54, 1.807) is 6.07 Å². The molecular formula is C14H10O4. The Labute approximate surface area is 102 Å². The molecule has 4 heteroatoms. The number of benzene rings is 2. The van der Waals surface area contributed by atoms with Crippen LogP contribution in [0.5, 0.6) is 5.75 Å². The first kappa shape index (κ1) is 10.7. The normalized spacial score (nSPS) is 10.9. The molecule has 90 valence electrons. The van der Waals surface area contributed by atoms with Crippen molar-refractivity contribution < 1.29 is 19.1 Å². The molecule has 0 bridgehead atoms. The Kier molecular flexibility index (Phi) is 2.23. The Hall–Kier alpha value is -2.49. The van der Waals surface area contributed by atoms with Crippen LogP contribution in [0, 0.1) is 0 Å². The third kappa shape index (κ3) is 1.35. The van der Waals surface area contributed by atoms with Gasteiger partial charge < -0.3 is 14.3 Å². The van der Waals surface area contributed by atoms with Crippen LogP contribution in [0.3, 0.4) is 0 Å². The lowest BCUT2D eigenvalue weighted by atomic mass is 10.1. The maximum absolute atomic E-state index is 11.1. The van der Waals surface area contributed by atoms with Crippen LogP contribution >= 0.6 is 0 Å². The number of carboxylic acids is 1. The van der Waals surface area contributed by atoms with Gasteiger partial charge in [-0.05, 0) is 16.8 Å². The topological polar surface area (TPSA) is 59.7 Å². The number of fused-ring (bicyclic) bond motifs is 3. The summed E-state index contributed by atoms with van der Waals surface area (Å²) in [5.74, 6) is -1.02. The SMILES string of the molecule is COc1c(C(=O)O)oc2ccc3ccccc3c12. The zero-order valence-corrected chi connectivity index (χ0v) is 9.64. The molecule has 0 aliphatic rings. The Morgan fingerprint density at radius 1 is 1.22 bits per heavy atom. The number of carbonyl (C=O) groups is 1. The second-order valence-electron chi connectivity index (χ2n) is 3.93. The minimum Gasteiger partial charge on any atom is -0.492 e. The highest BCUT2D eigenvalue weighted by molar-refractivity contribution is 6.12. The molecule has 0 amide bonds. The lowest BCUT2D eigenvalue weighted by Gasteiger charge is -2.01. The second kappa shape index (κ2) is 3.77. The molecule has 0 saturated carbocycles. The molecule has 0 radical (unpaired) electrons. The molecule has 1 heterocycles. The number of aromatic carboxylic acids is 1. The number of ether oxygens (including phenoxy) is 1. The van der Waals surface area contributed by atoms with E-state index in [1.165, 1.54) is 7.11 Å². The average molecular weight is 242 g/mol. The highest BCUT2D eigenvalue weighted by Gasteiger charge is 2.22. The van der Waals surface area contributed by atoms with Crippen molar-refractivity contribution in [1.82, 2.24) is 0 Å². The smallest absolute Gasteiger partial charge is 0.375 e. The maximum Gasteiger partial charge on any atom is 0.375 e. The fourth-order valence-electron chi connectivity index (χ4n) is 2.18. The number of rotatable bonds is 2. The summed E-state index contributed by atoms with van der Waals surface area (Å²) in [6.45, 7) is 0. The van der Waals surface area contributed by atoms with Crippen LogP contribution in [0.1, 0.15) is 10.6 Å². The van der Waals surface area contributed by atoms with E-state index in [2.05, 4.69) is 0 Å². The van der Waals surface area contributed by atoms with Crippen molar-refractivity contribution in [2.45, 2.75) is 0 Å². The first-order valence-corrected chi connectivity index (χ1v) is 5.44. The van der Waals surface area contributed by atoms with Gasteiger partial charge in [0, 0.05) is 0 Å². The van der Waals surface area contributed by atoms with Crippen LogP contribution in [0.2, 0.25) is 0 Å². The molecular weight excluding hydrogens is 232 g/mol. The van der Waals surface area contributed by atoms with Gasteiger partial charge in [-0.25, -0.2) is 4.79 Å². The van der Waals surface area contributed by atoms with Gasteiger partial charge in [0.05, 0.1) is 12.5 Å². The van der Waals surface area contributed by atoms with Gasteiger partial charge in [-0.15, -0.1) is 0 Å². The fraction of sp³-hybridized carbons (Fsp3) is 0.0714. The Morgan fingerprint density at radius 3 is 2.72 bits per heavy atom. The predicted octanol–water partition coefficient (Wildman–Crippen LogP) is 3.29. The lowest BCUT2D eigenvalue weighted by molar-refractivity contribution is 0.0660. The van der Waals surface area contributed by atoms with Crippen molar-refractivity contribution in [1.29, 1.82) is 0 Å². The van der Waals surface area contributed by atoms with Crippen molar-refractivity contribution in [3.63, 3.8) is 0 Å². The zero-order valence-electron chi connectivity index (χ0n) is 9.64. The minimum absolute atomic E-state index is 0.163. The average Bonchev–Trinajstić information content (AvgIpc) is 2.77. The molecule has 0 aliphatic carbocycles. The van der Waals surface area contributed by atoms with E-state index in [4.69, 9.17) is 14.3 Å². The number of furan rings is 1. The summed E-state index contributed by atoms with van der Waals surface area (Å²) in [6.07, 6.45) is 0. The van der Waals surface area contributed by atoms with Gasteiger partial charge in [0.25, 0.3) is 5.76 Å². The summed E-state index contributed by atoms with van der Waals surface area (Å²) >= 11 is 0. The standard InChI is InChI=1S/C14H10O4/c1-17-12-11-9-5-3-2-4-8(9)6-7-10(11)18-13(12)14(15)16/h2-7H,1H3,(H,15,16). The number of methoxy groups -OCH3 is 1. The van der Waals surface area contributed by atoms with E-state index >= 15 is 0 Å². The van der Waals surface area contributed by atoms with Crippen LogP contribution in [-0.2, 0) is 0 Å². The maximum atomic E-state index is 11.1. The van der Waals surface area contributed by atoms with Crippen molar-refractivity contribution in [3.8, 4) is 5.75 Å². The van der Waals surface area contributed by atoms with Crippen molar-refractivity contribution in [3.05, 3.63) is 42.2 Å². The summed E-state index contributed by atoms with van der Waals surface area (Å²) in [4.78, 5) is 11.1. The third-order valence-electron chi connectivity index (χ3n) is 2.93. The fourth-order valence-corrected chi connectivity index (χ4v) is 2.18. The number of carboxylic acid groups (broad SMARTS) is 1. The zero-order chi connectivity index (χ0) is 12.7. The van der Waals surface area contributed by atoms with Crippen LogP contribution in [0.15, 0.2) is 40.8 Å². The van der Waals surface area contributed by atoms with E-state index in [1.807, 2.05) is 30.3 Å². The first-order valence-electron chi connectivity index (χ1n) is 5.44. The monoisotopic (exact) mass is 242 g/mol. The summed E-state index contributed by atoms with van der Waals surface area (Å²) in [7, 11) is 1.44. The second-order valence-corrected chi connectivity index (χ2v) is 3.93. The van der Waals surface area contributed by atoms with Crippen LogP contribution in [-0.4, -0.2) is 18.2 Å². The van der Waals surface area contributed by atoms with Gasteiger partial charge in [0.1, 0.15) is 5.58 Å². The van der Waals surface area contributed by atoms with Crippen LogP contribution in [0.4, 0.5) is 0 Å². The van der Waals surface area contributed by atoms with E-state index in [9.17, 15) is 4.79 Å². The quantitative estimate of drug-likeness (QED) is 0.749. The molecule has 0 unspecified atom stereocenters. The summed E-state index contributed by atoms with van der Waals surface area (Å²) in [5, 5.41) is 11.7. The van der Waals surface area contributed by atoms with Crippen molar-refractivity contribution in [2.24, 2.45) is 0 Å². The van der Waals surface area contributed by atoms with E-state index in [0.29, 0.717) is 11.0 Å². The van der Waals surface area contributed by atoms with Crippen LogP contribution < -0.4 is 4.74 Å². The molecule has 3 aromatic rings. The summed E-state index contributed by atoms with van der Waals surface area (Å²) in [5.41, 5.74) is 0.517. The summed E-state index contributed by atoms with van der Waals surface area (Å²) < 4.78 is 10.5. The van der Waals surface area contributed by atoms with E-state index in [-0.39, 0.29) is 11.5 Å². The molecule has 4 nitrogen and oxygen atoms in total. The highest BCUT2D eigenvalue weighted by atomic mass is 16.5. The van der Waals surface area contributed by atoms with Crippen LogP contribution in [0.25, 0.3) is 21.7 Å². The summed E-state index contributed by atoms with van der Waals surface area (Å²) in [6, 6.07) is 11.4. The van der Waals surface area contributed by atoms with Gasteiger partial charge in [-0.3, -0.25) is 0 Å². The molecule has 1 N–H and O–H groups in total. The molecule has 0 saturated heterocycles. The molecule has 0 atom stereocenters. The molecule has 0 aliphatic heterocycles. The van der Waals surface area contributed by atoms with Crippen molar-refractivity contribution >= 4 is 27.7 Å². The Balaban J connectivity index is 2.52. The van der Waals surface area contributed by atoms with Gasteiger partial charge >= 0.3 is 5.97 Å². The molecule has 0 fully saturated rings. The number of hydrogen-bond donors (Lipinski definition) is 1. The molecule has 1 aromatic heterocycles. The van der Waals surface area contributed by atoms with Crippen molar-refractivity contribution in [2.75, 3.05) is 7.11 Å². The Morgan fingerprint density at radius 2 is 2.00 bits per heavy atom. The van der Waals surface area contributed by atoms with Gasteiger partial charge in [-0.2, -0.15) is 0 Å². The minimum atomic E-state index is -1.13. The molecule has 0 spiro atoms. The first-order chi connectivity index (χ1) is 8.72. The lowest BCUT2D eigenvalue weighted by Crippen LogP contribution is -1.96. The Bertz CT molecular complexity index is 755. The number of hydrogen-bond acceptors (Lipinski definition) is 3. The largest absolute Gasteiger partial charge is 0.492 e. The predicted molar refractivity (Wildman–Crippen MR) is 67.2 cm³/mol. The van der Waals surface area contributed by atoms with E-state index < -0.39 is 5.97 Å². The van der Waals surface area contributed by atoms with E-state index in [0.717, 1.165) is 10.8 Å². The third-order valence-corrected chi connectivity index (χ3v) is 2.93. The van der Waals surface area contributed by atoms with Gasteiger partial charge in [-0.1, -0.05) is 30.3 Å². The molecule has 2 aromatic carbocycles. The highest BCUT2D eigenvalue weighted by Crippen LogP contribution is 2.37. The van der Waals surface area contributed by atoms with Gasteiger partial charge in [0.15, 0.2) is 5.75 Å². The molecule has 18 heavy (non-hydrogen) atoms. The molecule has 3 rings (SSSR count).